The third-order valence-electron chi connectivity index (χ3n) is 3.46. The third-order valence-corrected chi connectivity index (χ3v) is 4.21. The van der Waals surface area contributed by atoms with Crippen molar-refractivity contribution in [3.05, 3.63) is 40.0 Å². The summed E-state index contributed by atoms with van der Waals surface area (Å²) in [5, 5.41) is 28.4. The summed E-state index contributed by atoms with van der Waals surface area (Å²) in [6, 6.07) is 5.12. The molecule has 0 aliphatic heterocycles. The lowest BCUT2D eigenvalue weighted by Crippen LogP contribution is -2.12. The van der Waals surface area contributed by atoms with E-state index in [1.807, 2.05) is 26.8 Å². The van der Waals surface area contributed by atoms with Crippen LogP contribution in [0.2, 0.25) is 0 Å². The van der Waals surface area contributed by atoms with Crippen molar-refractivity contribution in [2.45, 2.75) is 20.8 Å². The van der Waals surface area contributed by atoms with Crippen LogP contribution in [0.3, 0.4) is 0 Å². The van der Waals surface area contributed by atoms with Gasteiger partial charge in [-0.25, -0.2) is 0 Å². The molecule has 0 unspecified atom stereocenters. The van der Waals surface area contributed by atoms with Crippen molar-refractivity contribution < 1.29 is 9.90 Å². The smallest absolute Gasteiger partial charge is 0.275 e. The maximum atomic E-state index is 12.2. The molecule has 1 amide bonds. The van der Waals surface area contributed by atoms with Crippen LogP contribution >= 0.6 is 11.3 Å². The molecular formula is C15H15N5O2S. The van der Waals surface area contributed by atoms with Crippen LogP contribution in [0, 0.1) is 20.8 Å². The molecule has 0 saturated carbocycles. The predicted octanol–water partition coefficient (Wildman–Crippen LogP) is 2.81. The average molecular weight is 329 g/mol. The van der Waals surface area contributed by atoms with Crippen LogP contribution in [-0.2, 0) is 0 Å². The number of aromatic nitrogens is 4. The molecule has 0 radical (unpaired) electrons. The SMILES string of the molecule is Cc1nnc(NC(=O)c2cc(-c3cc(C)c(C)cc3O)n[nH]2)s1. The highest BCUT2D eigenvalue weighted by Gasteiger charge is 2.15. The quantitative estimate of drug-likeness (QED) is 0.685. The Morgan fingerprint density at radius 2 is 1.91 bits per heavy atom. The minimum absolute atomic E-state index is 0.131. The zero-order valence-corrected chi connectivity index (χ0v) is 13.7. The summed E-state index contributed by atoms with van der Waals surface area (Å²) in [7, 11) is 0. The van der Waals surface area contributed by atoms with Gasteiger partial charge >= 0.3 is 0 Å². The van der Waals surface area contributed by atoms with Gasteiger partial charge in [0.1, 0.15) is 16.5 Å². The Morgan fingerprint density at radius 3 is 2.61 bits per heavy atom. The number of aryl methyl sites for hydroxylation is 3. The fraction of sp³-hybridized carbons (Fsp3) is 0.200. The maximum absolute atomic E-state index is 12.2. The summed E-state index contributed by atoms with van der Waals surface area (Å²) < 4.78 is 0. The first-order valence-electron chi connectivity index (χ1n) is 6.91. The van der Waals surface area contributed by atoms with E-state index in [1.165, 1.54) is 11.3 Å². The molecule has 0 atom stereocenters. The Morgan fingerprint density at radius 1 is 1.17 bits per heavy atom. The molecule has 2 heterocycles. The molecule has 1 aromatic carbocycles. The van der Waals surface area contributed by atoms with E-state index in [0.29, 0.717) is 16.4 Å². The number of phenols is 1. The minimum atomic E-state index is -0.358. The second kappa shape index (κ2) is 5.81. The number of hydrogen-bond donors (Lipinski definition) is 3. The van der Waals surface area contributed by atoms with Gasteiger partial charge in [-0.05, 0) is 50.1 Å². The summed E-state index contributed by atoms with van der Waals surface area (Å²) in [5.41, 5.74) is 3.40. The molecule has 0 saturated heterocycles. The Labute approximate surface area is 136 Å². The molecule has 3 N–H and O–H groups in total. The fourth-order valence-corrected chi connectivity index (χ4v) is 2.68. The number of anilines is 1. The summed E-state index contributed by atoms with van der Waals surface area (Å²) in [4.78, 5) is 12.2. The van der Waals surface area contributed by atoms with Crippen LogP contribution in [0.1, 0.15) is 26.6 Å². The number of H-pyrrole nitrogens is 1. The second-order valence-electron chi connectivity index (χ2n) is 5.20. The number of rotatable bonds is 3. The van der Waals surface area contributed by atoms with Crippen LogP contribution in [-0.4, -0.2) is 31.4 Å². The van der Waals surface area contributed by atoms with Gasteiger partial charge in [0, 0.05) is 5.56 Å². The van der Waals surface area contributed by atoms with Gasteiger partial charge in [-0.3, -0.25) is 15.2 Å². The zero-order valence-electron chi connectivity index (χ0n) is 12.8. The van der Waals surface area contributed by atoms with Gasteiger partial charge in [0.25, 0.3) is 5.91 Å². The highest BCUT2D eigenvalue weighted by Crippen LogP contribution is 2.30. The van der Waals surface area contributed by atoms with Crippen molar-refractivity contribution >= 4 is 22.4 Å². The molecule has 3 rings (SSSR count). The predicted molar refractivity (Wildman–Crippen MR) is 87.8 cm³/mol. The molecule has 0 fully saturated rings. The molecule has 2 aromatic heterocycles. The van der Waals surface area contributed by atoms with Gasteiger partial charge in [-0.2, -0.15) is 5.10 Å². The van der Waals surface area contributed by atoms with Crippen molar-refractivity contribution in [2.24, 2.45) is 0 Å². The maximum Gasteiger partial charge on any atom is 0.275 e. The van der Waals surface area contributed by atoms with Crippen molar-refractivity contribution in [3.8, 4) is 17.0 Å². The Bertz CT molecular complexity index is 884. The first-order chi connectivity index (χ1) is 10.9. The highest BCUT2D eigenvalue weighted by molar-refractivity contribution is 7.15. The summed E-state index contributed by atoms with van der Waals surface area (Å²) >= 11 is 1.29. The minimum Gasteiger partial charge on any atom is -0.507 e. The topological polar surface area (TPSA) is 104 Å². The van der Waals surface area contributed by atoms with Crippen LogP contribution in [0.4, 0.5) is 5.13 Å². The standard InChI is InChI=1S/C15H15N5O2S/c1-7-4-10(13(21)5-8(7)2)11-6-12(19-18-11)14(22)16-15-20-17-9(3)23-15/h4-6,21H,1-3H3,(H,18,19)(H,16,20,22). The van der Waals surface area contributed by atoms with Crippen LogP contribution in [0.15, 0.2) is 18.2 Å². The number of benzene rings is 1. The molecule has 0 aliphatic rings. The Hall–Kier alpha value is -2.74. The number of amides is 1. The van der Waals surface area contributed by atoms with Gasteiger partial charge in [0.15, 0.2) is 0 Å². The molecule has 8 heteroatoms. The van der Waals surface area contributed by atoms with E-state index in [9.17, 15) is 9.90 Å². The zero-order chi connectivity index (χ0) is 16.6. The van der Waals surface area contributed by atoms with Gasteiger partial charge < -0.3 is 5.11 Å². The number of nitrogens with zero attached hydrogens (tertiary/aromatic N) is 3. The number of phenolic OH excluding ortho intramolecular Hbond substituents is 1. The first kappa shape index (κ1) is 15.2. The molecule has 3 aromatic rings. The Balaban J connectivity index is 1.85. The number of carbonyl (C=O) groups excluding carboxylic acids is 1. The largest absolute Gasteiger partial charge is 0.507 e. The highest BCUT2D eigenvalue weighted by atomic mass is 32.1. The van der Waals surface area contributed by atoms with Crippen molar-refractivity contribution in [3.63, 3.8) is 0 Å². The van der Waals surface area contributed by atoms with E-state index < -0.39 is 0 Å². The third kappa shape index (κ3) is 3.07. The number of aromatic hydroxyl groups is 1. The number of hydrogen-bond acceptors (Lipinski definition) is 6. The molecule has 0 spiro atoms. The van der Waals surface area contributed by atoms with Crippen LogP contribution in [0.25, 0.3) is 11.3 Å². The van der Waals surface area contributed by atoms with E-state index in [-0.39, 0.29) is 17.4 Å². The Kier molecular flexibility index (Phi) is 3.83. The number of aromatic amines is 1. The average Bonchev–Trinajstić information content (AvgIpc) is 3.12. The number of nitrogens with one attached hydrogen (secondary N) is 2. The van der Waals surface area contributed by atoms with E-state index >= 15 is 0 Å². The summed E-state index contributed by atoms with van der Waals surface area (Å²) in [6.07, 6.45) is 0. The van der Waals surface area contributed by atoms with Gasteiger partial charge in [0.05, 0.1) is 5.69 Å². The normalized spacial score (nSPS) is 10.7. The summed E-state index contributed by atoms with van der Waals surface area (Å²) in [5.74, 6) is -0.227. The van der Waals surface area contributed by atoms with Crippen molar-refractivity contribution in [1.29, 1.82) is 0 Å². The number of carbonyl (C=O) groups is 1. The lowest BCUT2D eigenvalue weighted by Gasteiger charge is -2.05. The van der Waals surface area contributed by atoms with Gasteiger partial charge in [-0.15, -0.1) is 10.2 Å². The molecule has 0 aliphatic carbocycles. The molecule has 0 bridgehead atoms. The molecule has 7 nitrogen and oxygen atoms in total. The van der Waals surface area contributed by atoms with E-state index in [2.05, 4.69) is 25.7 Å². The lowest BCUT2D eigenvalue weighted by molar-refractivity contribution is 0.102. The molecular weight excluding hydrogens is 314 g/mol. The van der Waals surface area contributed by atoms with E-state index in [4.69, 9.17) is 0 Å². The molecule has 118 valence electrons. The fourth-order valence-electron chi connectivity index (χ4n) is 2.09. The van der Waals surface area contributed by atoms with E-state index in [0.717, 1.165) is 16.1 Å². The van der Waals surface area contributed by atoms with Crippen molar-refractivity contribution in [2.75, 3.05) is 5.32 Å². The van der Waals surface area contributed by atoms with Gasteiger partial charge in [0.2, 0.25) is 5.13 Å². The lowest BCUT2D eigenvalue weighted by atomic mass is 10.0. The monoisotopic (exact) mass is 329 g/mol. The van der Waals surface area contributed by atoms with Crippen LogP contribution in [0.5, 0.6) is 5.75 Å². The summed E-state index contributed by atoms with van der Waals surface area (Å²) in [6.45, 7) is 5.69. The molecule has 23 heavy (non-hydrogen) atoms. The van der Waals surface area contributed by atoms with E-state index in [1.54, 1.807) is 12.1 Å². The first-order valence-corrected chi connectivity index (χ1v) is 7.73. The second-order valence-corrected chi connectivity index (χ2v) is 6.38. The van der Waals surface area contributed by atoms with Gasteiger partial charge in [-0.1, -0.05) is 11.3 Å². The van der Waals surface area contributed by atoms with Crippen LogP contribution < -0.4 is 5.32 Å². The van der Waals surface area contributed by atoms with Crippen molar-refractivity contribution in [1.82, 2.24) is 20.4 Å².